The largest absolute Gasteiger partial charge is 0.244 e. The summed E-state index contributed by atoms with van der Waals surface area (Å²) in [6.45, 7) is 0. The molecule has 22 heavy (non-hydrogen) atoms. The number of fused-ring (bicyclic) bond motifs is 2. The SMILES string of the molecule is c1ccc(N=Nc2cccc3nc4ccccc4nc23)cc1. The van der Waals surface area contributed by atoms with Crippen molar-refractivity contribution in [1.29, 1.82) is 0 Å². The van der Waals surface area contributed by atoms with E-state index in [9.17, 15) is 0 Å². The smallest absolute Gasteiger partial charge is 0.117 e. The number of hydrogen-bond donors (Lipinski definition) is 0. The van der Waals surface area contributed by atoms with Crippen LogP contribution in [0.5, 0.6) is 0 Å². The molecule has 0 aliphatic rings. The average molecular weight is 284 g/mol. The Morgan fingerprint density at radius 2 is 1.23 bits per heavy atom. The minimum atomic E-state index is 0.722. The monoisotopic (exact) mass is 284 g/mol. The van der Waals surface area contributed by atoms with E-state index in [4.69, 9.17) is 0 Å². The van der Waals surface area contributed by atoms with E-state index in [2.05, 4.69) is 20.2 Å². The normalized spacial score (nSPS) is 11.5. The molecule has 0 bridgehead atoms. The highest BCUT2D eigenvalue weighted by atomic mass is 15.1. The summed E-state index contributed by atoms with van der Waals surface area (Å²) in [7, 11) is 0. The molecule has 4 rings (SSSR count). The van der Waals surface area contributed by atoms with Gasteiger partial charge in [0.1, 0.15) is 11.2 Å². The summed E-state index contributed by atoms with van der Waals surface area (Å²) in [6.07, 6.45) is 0. The standard InChI is InChI=1S/C18H12N4/c1-2-7-13(8-3-1)21-22-17-12-6-11-16-18(17)20-15-10-5-4-9-14(15)19-16/h1-12H. The summed E-state index contributed by atoms with van der Waals surface area (Å²) in [5.74, 6) is 0. The van der Waals surface area contributed by atoms with Gasteiger partial charge in [-0.1, -0.05) is 36.4 Å². The number of azo groups is 1. The zero-order valence-electron chi connectivity index (χ0n) is 11.7. The maximum Gasteiger partial charge on any atom is 0.117 e. The lowest BCUT2D eigenvalue weighted by molar-refractivity contribution is 1.23. The lowest BCUT2D eigenvalue weighted by Gasteiger charge is -2.02. The van der Waals surface area contributed by atoms with E-state index in [1.807, 2.05) is 72.8 Å². The third kappa shape index (κ3) is 2.31. The van der Waals surface area contributed by atoms with Crippen molar-refractivity contribution in [3.05, 3.63) is 72.8 Å². The van der Waals surface area contributed by atoms with Crippen molar-refractivity contribution in [2.24, 2.45) is 10.2 Å². The minimum absolute atomic E-state index is 0.722. The fourth-order valence-electron chi connectivity index (χ4n) is 2.31. The first-order valence-corrected chi connectivity index (χ1v) is 7.02. The van der Waals surface area contributed by atoms with Gasteiger partial charge in [0.2, 0.25) is 0 Å². The Labute approximate surface area is 127 Å². The first-order chi connectivity index (χ1) is 10.9. The number of para-hydroxylation sites is 3. The summed E-state index contributed by atoms with van der Waals surface area (Å²) in [6, 6.07) is 23.2. The molecule has 3 aromatic carbocycles. The van der Waals surface area contributed by atoms with Gasteiger partial charge in [-0.15, -0.1) is 5.11 Å². The number of hydrogen-bond acceptors (Lipinski definition) is 4. The predicted octanol–water partition coefficient (Wildman–Crippen LogP) is 5.20. The number of rotatable bonds is 2. The molecule has 0 aliphatic heterocycles. The van der Waals surface area contributed by atoms with Crippen molar-refractivity contribution in [3.8, 4) is 0 Å². The molecule has 0 saturated heterocycles. The molecule has 0 amide bonds. The van der Waals surface area contributed by atoms with Crippen LogP contribution in [0.25, 0.3) is 22.1 Å². The highest BCUT2D eigenvalue weighted by molar-refractivity contribution is 5.92. The second kappa shape index (κ2) is 5.33. The lowest BCUT2D eigenvalue weighted by Crippen LogP contribution is -1.87. The fourth-order valence-corrected chi connectivity index (χ4v) is 2.31. The molecule has 0 unspecified atom stereocenters. The van der Waals surface area contributed by atoms with Crippen molar-refractivity contribution in [3.63, 3.8) is 0 Å². The zero-order valence-corrected chi connectivity index (χ0v) is 11.7. The van der Waals surface area contributed by atoms with Gasteiger partial charge in [0.25, 0.3) is 0 Å². The van der Waals surface area contributed by atoms with Crippen LogP contribution in [0.2, 0.25) is 0 Å². The molecule has 0 saturated carbocycles. The van der Waals surface area contributed by atoms with Gasteiger partial charge in [0, 0.05) is 0 Å². The molecule has 104 valence electrons. The van der Waals surface area contributed by atoms with Crippen molar-refractivity contribution >= 4 is 33.4 Å². The zero-order chi connectivity index (χ0) is 14.8. The van der Waals surface area contributed by atoms with Crippen LogP contribution >= 0.6 is 0 Å². The van der Waals surface area contributed by atoms with E-state index in [0.717, 1.165) is 33.4 Å². The lowest BCUT2D eigenvalue weighted by atomic mass is 10.2. The number of nitrogens with zero attached hydrogens (tertiary/aromatic N) is 4. The van der Waals surface area contributed by atoms with Crippen LogP contribution in [-0.4, -0.2) is 9.97 Å². The Kier molecular flexibility index (Phi) is 3.05. The molecule has 0 radical (unpaired) electrons. The Morgan fingerprint density at radius 1 is 0.545 bits per heavy atom. The van der Waals surface area contributed by atoms with E-state index >= 15 is 0 Å². The van der Waals surface area contributed by atoms with Crippen LogP contribution in [0, 0.1) is 0 Å². The first kappa shape index (κ1) is 12.6. The average Bonchev–Trinajstić information content (AvgIpc) is 2.59. The van der Waals surface area contributed by atoms with Crippen LogP contribution in [-0.2, 0) is 0 Å². The van der Waals surface area contributed by atoms with E-state index in [1.54, 1.807) is 0 Å². The van der Waals surface area contributed by atoms with Crippen LogP contribution in [0.1, 0.15) is 0 Å². The van der Waals surface area contributed by atoms with E-state index in [0.29, 0.717) is 0 Å². The van der Waals surface area contributed by atoms with Crippen molar-refractivity contribution in [2.45, 2.75) is 0 Å². The molecule has 1 aromatic heterocycles. The molecular weight excluding hydrogens is 272 g/mol. The fraction of sp³-hybridized carbons (Fsp3) is 0. The van der Waals surface area contributed by atoms with Gasteiger partial charge in [-0.05, 0) is 36.4 Å². The van der Waals surface area contributed by atoms with Crippen molar-refractivity contribution in [1.82, 2.24) is 9.97 Å². The second-order valence-corrected chi connectivity index (χ2v) is 4.89. The number of aromatic nitrogens is 2. The molecule has 4 heteroatoms. The van der Waals surface area contributed by atoms with E-state index in [-0.39, 0.29) is 0 Å². The van der Waals surface area contributed by atoms with E-state index < -0.39 is 0 Å². The van der Waals surface area contributed by atoms with Gasteiger partial charge in [-0.3, -0.25) is 0 Å². The third-order valence-electron chi connectivity index (χ3n) is 3.38. The van der Waals surface area contributed by atoms with Crippen LogP contribution in [0.3, 0.4) is 0 Å². The predicted molar refractivity (Wildman–Crippen MR) is 87.7 cm³/mol. The topological polar surface area (TPSA) is 50.5 Å². The molecule has 0 N–H and O–H groups in total. The van der Waals surface area contributed by atoms with Crippen molar-refractivity contribution < 1.29 is 0 Å². The Hall–Kier alpha value is -3.14. The van der Waals surface area contributed by atoms with Crippen LogP contribution in [0.4, 0.5) is 11.4 Å². The highest BCUT2D eigenvalue weighted by Gasteiger charge is 2.05. The molecular formula is C18H12N4. The summed E-state index contributed by atoms with van der Waals surface area (Å²) >= 11 is 0. The molecule has 4 aromatic rings. The van der Waals surface area contributed by atoms with Crippen molar-refractivity contribution in [2.75, 3.05) is 0 Å². The molecule has 0 atom stereocenters. The Morgan fingerprint density at radius 3 is 2.05 bits per heavy atom. The Bertz CT molecular complexity index is 978. The molecule has 4 nitrogen and oxygen atoms in total. The van der Waals surface area contributed by atoms with Gasteiger partial charge in [-0.2, -0.15) is 5.11 Å². The van der Waals surface area contributed by atoms with Crippen LogP contribution in [0.15, 0.2) is 83.0 Å². The van der Waals surface area contributed by atoms with Gasteiger partial charge in [-0.25, -0.2) is 9.97 Å². The van der Waals surface area contributed by atoms with Gasteiger partial charge in [0.05, 0.1) is 22.2 Å². The second-order valence-electron chi connectivity index (χ2n) is 4.89. The molecule has 1 heterocycles. The molecule has 0 aliphatic carbocycles. The Balaban J connectivity index is 1.87. The molecule has 0 spiro atoms. The van der Waals surface area contributed by atoms with Gasteiger partial charge >= 0.3 is 0 Å². The van der Waals surface area contributed by atoms with Gasteiger partial charge in [0.15, 0.2) is 0 Å². The quantitative estimate of drug-likeness (QED) is 0.375. The van der Waals surface area contributed by atoms with E-state index in [1.165, 1.54) is 0 Å². The van der Waals surface area contributed by atoms with Crippen LogP contribution < -0.4 is 0 Å². The maximum absolute atomic E-state index is 4.67. The summed E-state index contributed by atoms with van der Waals surface area (Å²) in [5, 5.41) is 8.60. The summed E-state index contributed by atoms with van der Waals surface area (Å²) in [4.78, 5) is 9.30. The highest BCUT2D eigenvalue weighted by Crippen LogP contribution is 2.26. The number of benzene rings is 3. The minimum Gasteiger partial charge on any atom is -0.244 e. The summed E-state index contributed by atoms with van der Waals surface area (Å²) < 4.78 is 0. The maximum atomic E-state index is 4.67. The van der Waals surface area contributed by atoms with Gasteiger partial charge < -0.3 is 0 Å². The molecule has 0 fully saturated rings. The summed E-state index contributed by atoms with van der Waals surface area (Å²) in [5.41, 5.74) is 4.86. The third-order valence-corrected chi connectivity index (χ3v) is 3.38. The first-order valence-electron chi connectivity index (χ1n) is 7.02.